The van der Waals surface area contributed by atoms with Crippen LogP contribution in [0.1, 0.15) is 54.3 Å². The summed E-state index contributed by atoms with van der Waals surface area (Å²) in [5.74, 6) is -1.24. The van der Waals surface area contributed by atoms with Crippen molar-refractivity contribution in [1.82, 2.24) is 9.80 Å². The first-order valence-corrected chi connectivity index (χ1v) is 8.73. The topological polar surface area (TPSA) is 110 Å². The number of hydrogen-bond donors (Lipinski definition) is 0. The van der Waals surface area contributed by atoms with Gasteiger partial charge in [-0.25, -0.2) is 4.79 Å². The van der Waals surface area contributed by atoms with Gasteiger partial charge < -0.3 is 9.64 Å². The molecule has 0 aromatic heterocycles. The molecule has 1 atom stereocenters. The van der Waals surface area contributed by atoms with Crippen molar-refractivity contribution in [3.8, 4) is 0 Å². The molecular weight excluding hydrogens is 354 g/mol. The summed E-state index contributed by atoms with van der Waals surface area (Å²) in [5.41, 5.74) is -1.18. The average molecular weight is 375 g/mol. The smallest absolute Gasteiger partial charge is 0.410 e. The summed E-state index contributed by atoms with van der Waals surface area (Å²) >= 11 is 0. The molecule has 0 unspecified atom stereocenters. The maximum atomic E-state index is 12.8. The number of nitro groups is 1. The van der Waals surface area contributed by atoms with Crippen LogP contribution in [0.5, 0.6) is 0 Å². The van der Waals surface area contributed by atoms with Crippen LogP contribution in [0.3, 0.4) is 0 Å². The molecule has 0 aliphatic carbocycles. The zero-order chi connectivity index (χ0) is 19.9. The SMILES string of the molecule is CC(C)(C)OC(=O)N1CCC[C@H](N2C(=O)c3cccc([N+](=O)[O-])c3C2=O)C1. The van der Waals surface area contributed by atoms with E-state index in [1.807, 2.05) is 0 Å². The second kappa shape index (κ2) is 6.64. The Kier molecular flexibility index (Phi) is 4.63. The van der Waals surface area contributed by atoms with Crippen LogP contribution in [-0.2, 0) is 4.74 Å². The Morgan fingerprint density at radius 3 is 2.59 bits per heavy atom. The number of carbonyl (C=O) groups is 3. The monoisotopic (exact) mass is 375 g/mol. The van der Waals surface area contributed by atoms with E-state index in [0.29, 0.717) is 19.4 Å². The number of amides is 3. The van der Waals surface area contributed by atoms with E-state index in [4.69, 9.17) is 4.74 Å². The third kappa shape index (κ3) is 3.49. The van der Waals surface area contributed by atoms with Crippen molar-refractivity contribution in [3.63, 3.8) is 0 Å². The van der Waals surface area contributed by atoms with Gasteiger partial charge >= 0.3 is 6.09 Å². The lowest BCUT2D eigenvalue weighted by molar-refractivity contribution is -0.385. The maximum absolute atomic E-state index is 12.8. The molecule has 9 nitrogen and oxygen atoms in total. The number of nitrogens with zero attached hydrogens (tertiary/aromatic N) is 3. The molecule has 1 aromatic rings. The van der Waals surface area contributed by atoms with E-state index >= 15 is 0 Å². The minimum Gasteiger partial charge on any atom is -0.444 e. The van der Waals surface area contributed by atoms with Crippen LogP contribution in [0, 0.1) is 10.1 Å². The average Bonchev–Trinajstić information content (AvgIpc) is 2.84. The maximum Gasteiger partial charge on any atom is 0.410 e. The largest absolute Gasteiger partial charge is 0.444 e. The van der Waals surface area contributed by atoms with Gasteiger partial charge in [0.2, 0.25) is 0 Å². The highest BCUT2D eigenvalue weighted by Crippen LogP contribution is 2.33. The molecule has 0 radical (unpaired) electrons. The second-order valence-corrected chi connectivity index (χ2v) is 7.66. The van der Waals surface area contributed by atoms with E-state index in [-0.39, 0.29) is 23.4 Å². The number of likely N-dealkylation sites (tertiary alicyclic amines) is 1. The van der Waals surface area contributed by atoms with Crippen LogP contribution in [0.25, 0.3) is 0 Å². The van der Waals surface area contributed by atoms with E-state index in [2.05, 4.69) is 0 Å². The highest BCUT2D eigenvalue weighted by Gasteiger charge is 2.45. The van der Waals surface area contributed by atoms with E-state index < -0.39 is 34.5 Å². The van der Waals surface area contributed by atoms with Crippen LogP contribution in [0.4, 0.5) is 10.5 Å². The predicted octanol–water partition coefficient (Wildman–Crippen LogP) is 2.59. The highest BCUT2D eigenvalue weighted by molar-refractivity contribution is 6.23. The van der Waals surface area contributed by atoms with Crippen LogP contribution in [0.15, 0.2) is 18.2 Å². The summed E-state index contributed by atoms with van der Waals surface area (Å²) in [6, 6.07) is 3.47. The van der Waals surface area contributed by atoms with Crippen LogP contribution < -0.4 is 0 Å². The van der Waals surface area contributed by atoms with Gasteiger partial charge in [0.25, 0.3) is 17.5 Å². The highest BCUT2D eigenvalue weighted by atomic mass is 16.6. The molecule has 144 valence electrons. The zero-order valence-electron chi connectivity index (χ0n) is 15.4. The Labute approximate surface area is 156 Å². The normalized spacial score (nSPS) is 19.9. The number of rotatable bonds is 2. The number of imide groups is 1. The Hall–Kier alpha value is -2.97. The molecule has 1 fully saturated rings. The molecule has 1 saturated heterocycles. The number of ether oxygens (including phenoxy) is 1. The van der Waals surface area contributed by atoms with Gasteiger partial charge in [-0.3, -0.25) is 24.6 Å². The van der Waals surface area contributed by atoms with Gasteiger partial charge in [0, 0.05) is 19.2 Å². The Morgan fingerprint density at radius 1 is 1.26 bits per heavy atom. The van der Waals surface area contributed by atoms with Crippen LogP contribution in [0.2, 0.25) is 0 Å². The molecule has 27 heavy (non-hydrogen) atoms. The van der Waals surface area contributed by atoms with E-state index in [1.54, 1.807) is 20.8 Å². The van der Waals surface area contributed by atoms with Gasteiger partial charge in [-0.2, -0.15) is 0 Å². The van der Waals surface area contributed by atoms with Gasteiger partial charge in [0.1, 0.15) is 11.2 Å². The van der Waals surface area contributed by atoms with E-state index in [0.717, 1.165) is 4.90 Å². The minimum atomic E-state index is -0.682. The summed E-state index contributed by atoms with van der Waals surface area (Å²) < 4.78 is 5.36. The zero-order valence-corrected chi connectivity index (χ0v) is 15.4. The van der Waals surface area contributed by atoms with Crippen molar-refractivity contribution in [3.05, 3.63) is 39.4 Å². The lowest BCUT2D eigenvalue weighted by atomic mass is 10.0. The first-order chi connectivity index (χ1) is 12.6. The standard InChI is InChI=1S/C18H21N3O6/c1-18(2,3)27-17(24)19-9-5-6-11(10-19)20-15(22)12-7-4-8-13(21(25)26)14(12)16(20)23/h4,7-8,11H,5-6,9-10H2,1-3H3/t11-/m0/s1. The van der Waals surface area contributed by atoms with E-state index in [1.165, 1.54) is 23.1 Å². The molecule has 2 heterocycles. The lowest BCUT2D eigenvalue weighted by Gasteiger charge is -2.37. The molecule has 2 aliphatic rings. The number of piperidine rings is 1. The number of hydrogen-bond acceptors (Lipinski definition) is 6. The number of benzene rings is 1. The molecular formula is C18H21N3O6. The molecule has 3 rings (SSSR count). The van der Waals surface area contributed by atoms with E-state index in [9.17, 15) is 24.5 Å². The Morgan fingerprint density at radius 2 is 1.96 bits per heavy atom. The van der Waals surface area contributed by atoms with Crippen LogP contribution >= 0.6 is 0 Å². The first-order valence-electron chi connectivity index (χ1n) is 8.73. The summed E-state index contributed by atoms with van der Waals surface area (Å²) in [5, 5.41) is 11.2. The fourth-order valence-corrected chi connectivity index (χ4v) is 3.43. The van der Waals surface area contributed by atoms with Crippen molar-refractivity contribution < 1.29 is 24.0 Å². The molecule has 3 amide bonds. The fraction of sp³-hybridized carbons (Fsp3) is 0.500. The van der Waals surface area contributed by atoms with Gasteiger partial charge in [0.15, 0.2) is 0 Å². The third-order valence-corrected chi connectivity index (χ3v) is 4.53. The van der Waals surface area contributed by atoms with Crippen molar-refractivity contribution in [2.24, 2.45) is 0 Å². The fourth-order valence-electron chi connectivity index (χ4n) is 3.43. The molecule has 0 bridgehead atoms. The van der Waals surface area contributed by atoms with Crippen molar-refractivity contribution in [2.45, 2.75) is 45.3 Å². The van der Waals surface area contributed by atoms with Crippen molar-refractivity contribution in [2.75, 3.05) is 13.1 Å². The summed E-state index contributed by atoms with van der Waals surface area (Å²) in [7, 11) is 0. The van der Waals surface area contributed by atoms with Crippen molar-refractivity contribution in [1.29, 1.82) is 0 Å². The lowest BCUT2D eigenvalue weighted by Crippen LogP contribution is -2.52. The Balaban J connectivity index is 1.84. The number of carbonyl (C=O) groups excluding carboxylic acids is 3. The molecule has 0 N–H and O–H groups in total. The molecule has 9 heteroatoms. The Bertz CT molecular complexity index is 829. The molecule has 0 spiro atoms. The summed E-state index contributed by atoms with van der Waals surface area (Å²) in [4.78, 5) is 50.9. The van der Waals surface area contributed by atoms with Gasteiger partial charge in [-0.1, -0.05) is 6.07 Å². The second-order valence-electron chi connectivity index (χ2n) is 7.66. The van der Waals surface area contributed by atoms with Gasteiger partial charge in [-0.05, 0) is 39.7 Å². The summed E-state index contributed by atoms with van der Waals surface area (Å²) in [6.07, 6.45) is 0.618. The predicted molar refractivity (Wildman–Crippen MR) is 94.4 cm³/mol. The first kappa shape index (κ1) is 18.8. The third-order valence-electron chi connectivity index (χ3n) is 4.53. The quantitative estimate of drug-likeness (QED) is 0.446. The summed E-state index contributed by atoms with van der Waals surface area (Å²) in [6.45, 7) is 5.89. The number of nitro benzene ring substituents is 1. The molecule has 0 saturated carbocycles. The van der Waals surface area contributed by atoms with Gasteiger partial charge in [0.05, 0.1) is 16.5 Å². The van der Waals surface area contributed by atoms with Crippen LogP contribution in [-0.4, -0.2) is 57.4 Å². The van der Waals surface area contributed by atoms with Gasteiger partial charge in [-0.15, -0.1) is 0 Å². The molecule has 1 aromatic carbocycles. The minimum absolute atomic E-state index is 0.0311. The molecule has 2 aliphatic heterocycles. The van der Waals surface area contributed by atoms with Crippen molar-refractivity contribution >= 4 is 23.6 Å². The number of fused-ring (bicyclic) bond motifs is 1.